The minimum absolute atomic E-state index is 0.318. The molecule has 0 amide bonds. The first-order chi connectivity index (χ1) is 8.60. The Labute approximate surface area is 112 Å². The van der Waals surface area contributed by atoms with E-state index in [1.54, 1.807) is 7.11 Å². The van der Waals surface area contributed by atoms with Gasteiger partial charge in [-0.2, -0.15) is 0 Å². The van der Waals surface area contributed by atoms with Crippen LogP contribution in [0.5, 0.6) is 0 Å². The lowest BCUT2D eigenvalue weighted by molar-refractivity contribution is 0.00201. The van der Waals surface area contributed by atoms with Gasteiger partial charge in [0.05, 0.1) is 0 Å². The summed E-state index contributed by atoms with van der Waals surface area (Å²) >= 11 is 0. The molecular weight excluding hydrogens is 224 g/mol. The van der Waals surface area contributed by atoms with E-state index in [4.69, 9.17) is 4.74 Å². The third-order valence-electron chi connectivity index (χ3n) is 5.06. The van der Waals surface area contributed by atoms with Crippen LogP contribution < -0.4 is 5.32 Å². The second-order valence-corrected chi connectivity index (χ2v) is 6.46. The van der Waals surface area contributed by atoms with Crippen molar-refractivity contribution in [1.29, 1.82) is 0 Å². The Hall–Kier alpha value is -0.120. The van der Waals surface area contributed by atoms with E-state index < -0.39 is 0 Å². The number of rotatable bonds is 6. The number of nitrogens with one attached hydrogen (secondary N) is 1. The molecule has 0 bridgehead atoms. The predicted molar refractivity (Wildman–Crippen MR) is 75.9 cm³/mol. The Morgan fingerprint density at radius 2 is 2.17 bits per heavy atom. The van der Waals surface area contributed by atoms with Gasteiger partial charge in [0, 0.05) is 44.4 Å². The zero-order valence-corrected chi connectivity index (χ0v) is 12.5. The van der Waals surface area contributed by atoms with Crippen molar-refractivity contribution in [3.63, 3.8) is 0 Å². The van der Waals surface area contributed by atoms with E-state index in [9.17, 15) is 0 Å². The molecule has 1 aliphatic heterocycles. The summed E-state index contributed by atoms with van der Waals surface area (Å²) in [6, 6.07) is 1.35. The third-order valence-corrected chi connectivity index (χ3v) is 5.06. The molecule has 2 rings (SSSR count). The molecule has 3 nitrogen and oxygen atoms in total. The molecule has 0 aromatic carbocycles. The maximum absolute atomic E-state index is 5.25. The van der Waals surface area contributed by atoms with Crippen molar-refractivity contribution in [3.05, 3.63) is 0 Å². The van der Waals surface area contributed by atoms with Crippen LogP contribution in [0.1, 0.15) is 46.5 Å². The molecule has 3 unspecified atom stereocenters. The molecule has 2 fully saturated rings. The average Bonchev–Trinajstić information content (AvgIpc) is 3.20. The summed E-state index contributed by atoms with van der Waals surface area (Å²) in [5.41, 5.74) is 0.318. The number of methoxy groups -OCH3 is 1. The van der Waals surface area contributed by atoms with E-state index in [1.807, 2.05) is 0 Å². The number of hydrogen-bond acceptors (Lipinski definition) is 3. The van der Waals surface area contributed by atoms with Gasteiger partial charge in [0.1, 0.15) is 0 Å². The largest absolute Gasteiger partial charge is 0.385 e. The summed E-state index contributed by atoms with van der Waals surface area (Å²) in [6.07, 6.45) is 5.22. The second kappa shape index (κ2) is 5.89. The highest BCUT2D eigenvalue weighted by molar-refractivity contribution is 5.01. The van der Waals surface area contributed by atoms with E-state index in [2.05, 4.69) is 31.0 Å². The lowest BCUT2D eigenvalue weighted by Crippen LogP contribution is -2.65. The summed E-state index contributed by atoms with van der Waals surface area (Å²) in [6.45, 7) is 10.3. The Balaban J connectivity index is 1.99. The number of piperazine rings is 1. The fourth-order valence-electron chi connectivity index (χ4n) is 3.25. The molecule has 1 saturated heterocycles. The van der Waals surface area contributed by atoms with Crippen molar-refractivity contribution in [1.82, 2.24) is 10.2 Å². The van der Waals surface area contributed by atoms with Gasteiger partial charge < -0.3 is 10.1 Å². The zero-order chi connectivity index (χ0) is 13.2. The summed E-state index contributed by atoms with van der Waals surface area (Å²) in [5, 5.41) is 3.79. The molecule has 0 aromatic heterocycles. The van der Waals surface area contributed by atoms with Crippen LogP contribution in [-0.4, -0.2) is 49.3 Å². The van der Waals surface area contributed by atoms with Gasteiger partial charge >= 0.3 is 0 Å². The van der Waals surface area contributed by atoms with E-state index in [1.165, 1.54) is 25.8 Å². The first-order valence-corrected chi connectivity index (χ1v) is 7.60. The maximum Gasteiger partial charge on any atom is 0.0477 e. The Kier molecular flexibility index (Phi) is 4.68. The van der Waals surface area contributed by atoms with Crippen molar-refractivity contribution in [3.8, 4) is 0 Å². The Bertz CT molecular complexity index is 267. The molecular formula is C15H30N2O. The molecule has 0 aromatic rings. The number of nitrogens with zero attached hydrogens (tertiary/aromatic N) is 1. The summed E-state index contributed by atoms with van der Waals surface area (Å²) in [4.78, 5) is 2.74. The van der Waals surface area contributed by atoms with Crippen LogP contribution in [0.25, 0.3) is 0 Å². The van der Waals surface area contributed by atoms with Crippen LogP contribution in [0.3, 0.4) is 0 Å². The summed E-state index contributed by atoms with van der Waals surface area (Å²) in [7, 11) is 1.80. The van der Waals surface area contributed by atoms with Gasteiger partial charge in [0.15, 0.2) is 0 Å². The van der Waals surface area contributed by atoms with Gasteiger partial charge in [-0.05, 0) is 45.4 Å². The first-order valence-electron chi connectivity index (χ1n) is 7.60. The number of ether oxygens (including phenoxy) is 1. The molecule has 3 heteroatoms. The monoisotopic (exact) mass is 254 g/mol. The van der Waals surface area contributed by atoms with Gasteiger partial charge in [0.25, 0.3) is 0 Å². The lowest BCUT2D eigenvalue weighted by Gasteiger charge is -2.51. The van der Waals surface area contributed by atoms with E-state index >= 15 is 0 Å². The van der Waals surface area contributed by atoms with Gasteiger partial charge in [-0.25, -0.2) is 0 Å². The summed E-state index contributed by atoms with van der Waals surface area (Å²) < 4.78 is 5.25. The van der Waals surface area contributed by atoms with Crippen LogP contribution >= 0.6 is 0 Å². The molecule has 1 N–H and O–H groups in total. The van der Waals surface area contributed by atoms with Crippen molar-refractivity contribution in [2.45, 2.75) is 64.1 Å². The van der Waals surface area contributed by atoms with Gasteiger partial charge in [0.2, 0.25) is 0 Å². The van der Waals surface area contributed by atoms with Crippen molar-refractivity contribution >= 4 is 0 Å². The quantitative estimate of drug-likeness (QED) is 0.787. The molecule has 106 valence electrons. The second-order valence-electron chi connectivity index (χ2n) is 6.46. The molecule has 1 aliphatic carbocycles. The van der Waals surface area contributed by atoms with Crippen molar-refractivity contribution in [2.75, 3.05) is 26.8 Å². The average molecular weight is 254 g/mol. The minimum Gasteiger partial charge on any atom is -0.385 e. The topological polar surface area (TPSA) is 24.5 Å². The maximum atomic E-state index is 5.25. The molecule has 0 radical (unpaired) electrons. The summed E-state index contributed by atoms with van der Waals surface area (Å²) in [5.74, 6) is 0.948. The smallest absolute Gasteiger partial charge is 0.0477 e. The molecule has 18 heavy (non-hydrogen) atoms. The molecule has 3 atom stereocenters. The fourth-order valence-corrected chi connectivity index (χ4v) is 3.25. The first kappa shape index (κ1) is 14.3. The van der Waals surface area contributed by atoms with Crippen LogP contribution in [0.2, 0.25) is 0 Å². The highest BCUT2D eigenvalue weighted by Crippen LogP contribution is 2.37. The number of hydrogen-bond donors (Lipinski definition) is 1. The van der Waals surface area contributed by atoms with Crippen molar-refractivity contribution < 1.29 is 4.74 Å². The molecule has 1 heterocycles. The van der Waals surface area contributed by atoms with Gasteiger partial charge in [-0.15, -0.1) is 0 Å². The van der Waals surface area contributed by atoms with E-state index in [-0.39, 0.29) is 0 Å². The normalized spacial score (nSPS) is 35.7. The minimum atomic E-state index is 0.318. The third kappa shape index (κ3) is 3.06. The standard InChI is InChI=1S/C15H30N2O/c1-5-15(3)11-16-14(13-6-7-13)10-17(15)12(2)8-9-18-4/h12-14,16H,5-11H2,1-4H3. The van der Waals surface area contributed by atoms with Gasteiger partial charge in [-0.1, -0.05) is 6.92 Å². The molecule has 1 saturated carbocycles. The van der Waals surface area contributed by atoms with Crippen molar-refractivity contribution in [2.24, 2.45) is 5.92 Å². The lowest BCUT2D eigenvalue weighted by atomic mass is 9.89. The predicted octanol–water partition coefficient (Wildman–Crippen LogP) is 2.26. The zero-order valence-electron chi connectivity index (χ0n) is 12.5. The van der Waals surface area contributed by atoms with E-state index in [0.717, 1.165) is 31.5 Å². The van der Waals surface area contributed by atoms with Crippen LogP contribution in [-0.2, 0) is 4.74 Å². The van der Waals surface area contributed by atoms with E-state index in [0.29, 0.717) is 11.6 Å². The Morgan fingerprint density at radius 1 is 1.44 bits per heavy atom. The van der Waals surface area contributed by atoms with Crippen LogP contribution in [0.15, 0.2) is 0 Å². The van der Waals surface area contributed by atoms with Crippen LogP contribution in [0.4, 0.5) is 0 Å². The highest BCUT2D eigenvalue weighted by Gasteiger charge is 2.43. The SMILES string of the molecule is CCC1(C)CNC(C2CC2)CN1C(C)CCOC. The fraction of sp³-hybridized carbons (Fsp3) is 1.00. The Morgan fingerprint density at radius 3 is 2.72 bits per heavy atom. The van der Waals surface area contributed by atoms with Crippen LogP contribution in [0, 0.1) is 5.92 Å². The highest BCUT2D eigenvalue weighted by atomic mass is 16.5. The molecule has 2 aliphatic rings. The van der Waals surface area contributed by atoms with Gasteiger partial charge in [-0.3, -0.25) is 4.90 Å². The molecule has 0 spiro atoms.